The van der Waals surface area contributed by atoms with Gasteiger partial charge >= 0.3 is 0 Å². The second-order valence-corrected chi connectivity index (χ2v) is 6.03. The summed E-state index contributed by atoms with van der Waals surface area (Å²) >= 11 is 0. The average Bonchev–Trinajstić information content (AvgIpc) is 2.61. The van der Waals surface area contributed by atoms with Gasteiger partial charge in [-0.25, -0.2) is 9.37 Å². The van der Waals surface area contributed by atoms with Crippen molar-refractivity contribution in [2.75, 3.05) is 17.7 Å². The van der Waals surface area contributed by atoms with E-state index in [1.807, 2.05) is 38.1 Å². The van der Waals surface area contributed by atoms with Gasteiger partial charge in [0.1, 0.15) is 17.4 Å². The lowest BCUT2D eigenvalue weighted by atomic mass is 10.2. The van der Waals surface area contributed by atoms with Gasteiger partial charge in [0.05, 0.1) is 12.8 Å². The molecule has 0 amide bonds. The fraction of sp³-hybridized carbons (Fsp3) is 0.200. The van der Waals surface area contributed by atoms with Gasteiger partial charge in [-0.3, -0.25) is 0 Å². The second-order valence-electron chi connectivity index (χ2n) is 6.03. The molecular formula is C20H21FN4O. The van der Waals surface area contributed by atoms with E-state index in [2.05, 4.69) is 20.6 Å². The molecule has 0 fully saturated rings. The zero-order chi connectivity index (χ0) is 18.5. The fourth-order valence-corrected chi connectivity index (χ4v) is 2.55. The van der Waals surface area contributed by atoms with Gasteiger partial charge < -0.3 is 15.4 Å². The van der Waals surface area contributed by atoms with Crippen LogP contribution in [-0.2, 0) is 6.54 Å². The predicted octanol–water partition coefficient (Wildman–Crippen LogP) is 4.60. The number of hydrogen-bond donors (Lipinski definition) is 2. The highest BCUT2D eigenvalue weighted by atomic mass is 19.1. The molecule has 0 aliphatic carbocycles. The number of aromatic nitrogens is 2. The number of halogens is 1. The minimum Gasteiger partial charge on any atom is -0.495 e. The molecule has 1 heterocycles. The summed E-state index contributed by atoms with van der Waals surface area (Å²) in [6.45, 7) is 4.46. The van der Waals surface area contributed by atoms with E-state index in [9.17, 15) is 4.39 Å². The van der Waals surface area contributed by atoms with Gasteiger partial charge in [-0.1, -0.05) is 18.2 Å². The highest BCUT2D eigenvalue weighted by molar-refractivity contribution is 5.64. The van der Waals surface area contributed by atoms with Crippen molar-refractivity contribution in [2.24, 2.45) is 0 Å². The van der Waals surface area contributed by atoms with Crippen LogP contribution in [-0.4, -0.2) is 17.1 Å². The SMILES string of the molecule is COc1ccc(C)cc1Nc1nc(C)cc(NCc2ccc(F)cc2)n1. The third-order valence-corrected chi connectivity index (χ3v) is 3.84. The van der Waals surface area contributed by atoms with Crippen molar-refractivity contribution >= 4 is 17.5 Å². The van der Waals surface area contributed by atoms with Crippen LogP contribution < -0.4 is 15.4 Å². The molecule has 0 radical (unpaired) electrons. The highest BCUT2D eigenvalue weighted by Gasteiger charge is 2.07. The molecule has 0 atom stereocenters. The molecule has 3 aromatic rings. The molecular weight excluding hydrogens is 331 g/mol. The molecule has 0 spiro atoms. The molecule has 0 saturated carbocycles. The van der Waals surface area contributed by atoms with Crippen molar-refractivity contribution in [3.8, 4) is 5.75 Å². The number of nitrogens with one attached hydrogen (secondary N) is 2. The first-order valence-corrected chi connectivity index (χ1v) is 8.29. The molecule has 0 saturated heterocycles. The van der Waals surface area contributed by atoms with Crippen LogP contribution in [0.4, 0.5) is 21.8 Å². The molecule has 0 aliphatic heterocycles. The normalized spacial score (nSPS) is 10.5. The van der Waals surface area contributed by atoms with Gasteiger partial charge in [-0.05, 0) is 49.2 Å². The summed E-state index contributed by atoms with van der Waals surface area (Å²) in [5, 5.41) is 6.46. The van der Waals surface area contributed by atoms with E-state index in [4.69, 9.17) is 4.74 Å². The summed E-state index contributed by atoms with van der Waals surface area (Å²) in [5.74, 6) is 1.65. The standard InChI is InChI=1S/C20H21FN4O/c1-13-4-9-18(26-3)17(10-13)24-20-23-14(2)11-19(25-20)22-12-15-5-7-16(21)8-6-15/h4-11H,12H2,1-3H3,(H2,22,23,24,25). The van der Waals surface area contributed by atoms with Crippen LogP contribution in [0.15, 0.2) is 48.5 Å². The third kappa shape index (κ3) is 4.47. The van der Waals surface area contributed by atoms with Crippen LogP contribution in [0.5, 0.6) is 5.75 Å². The number of aryl methyl sites for hydroxylation is 2. The number of hydrogen-bond acceptors (Lipinski definition) is 5. The Hall–Kier alpha value is -3.15. The number of methoxy groups -OCH3 is 1. The van der Waals surface area contributed by atoms with Gasteiger partial charge in [0, 0.05) is 18.3 Å². The van der Waals surface area contributed by atoms with E-state index in [1.165, 1.54) is 12.1 Å². The Kier molecular flexibility index (Phi) is 5.31. The van der Waals surface area contributed by atoms with Crippen molar-refractivity contribution in [2.45, 2.75) is 20.4 Å². The van der Waals surface area contributed by atoms with Crippen molar-refractivity contribution < 1.29 is 9.13 Å². The second kappa shape index (κ2) is 7.82. The quantitative estimate of drug-likeness (QED) is 0.679. The first kappa shape index (κ1) is 17.7. The van der Waals surface area contributed by atoms with Crippen LogP contribution >= 0.6 is 0 Å². The minimum absolute atomic E-state index is 0.245. The number of anilines is 3. The lowest BCUT2D eigenvalue weighted by Gasteiger charge is -2.13. The smallest absolute Gasteiger partial charge is 0.229 e. The van der Waals surface area contributed by atoms with E-state index in [0.717, 1.165) is 28.3 Å². The summed E-state index contributed by atoms with van der Waals surface area (Å²) in [7, 11) is 1.63. The largest absolute Gasteiger partial charge is 0.495 e. The lowest BCUT2D eigenvalue weighted by molar-refractivity contribution is 0.416. The lowest BCUT2D eigenvalue weighted by Crippen LogP contribution is -2.06. The maximum absolute atomic E-state index is 13.0. The van der Waals surface area contributed by atoms with Gasteiger partial charge in [-0.2, -0.15) is 4.98 Å². The van der Waals surface area contributed by atoms with Crippen LogP contribution in [0.1, 0.15) is 16.8 Å². The van der Waals surface area contributed by atoms with Gasteiger partial charge in [-0.15, -0.1) is 0 Å². The van der Waals surface area contributed by atoms with Crippen LogP contribution in [0.2, 0.25) is 0 Å². The molecule has 134 valence electrons. The predicted molar refractivity (Wildman–Crippen MR) is 102 cm³/mol. The van der Waals surface area contributed by atoms with Crippen molar-refractivity contribution in [1.82, 2.24) is 9.97 Å². The first-order chi connectivity index (χ1) is 12.5. The minimum atomic E-state index is -0.245. The van der Waals surface area contributed by atoms with E-state index >= 15 is 0 Å². The molecule has 5 nitrogen and oxygen atoms in total. The van der Waals surface area contributed by atoms with E-state index < -0.39 is 0 Å². The molecule has 0 unspecified atom stereocenters. The Morgan fingerprint density at radius 2 is 1.77 bits per heavy atom. The molecule has 0 bridgehead atoms. The maximum Gasteiger partial charge on any atom is 0.229 e. The van der Waals surface area contributed by atoms with Crippen molar-refractivity contribution in [1.29, 1.82) is 0 Å². The average molecular weight is 352 g/mol. The summed E-state index contributed by atoms with van der Waals surface area (Å²) in [6.07, 6.45) is 0. The Morgan fingerprint density at radius 3 is 2.50 bits per heavy atom. The number of benzene rings is 2. The van der Waals surface area contributed by atoms with Crippen LogP contribution in [0.3, 0.4) is 0 Å². The Bertz CT molecular complexity index is 897. The summed E-state index contributed by atoms with van der Waals surface area (Å²) < 4.78 is 18.4. The molecule has 6 heteroatoms. The molecule has 26 heavy (non-hydrogen) atoms. The Balaban J connectivity index is 1.77. The molecule has 2 N–H and O–H groups in total. The number of nitrogens with zero attached hydrogens (tertiary/aromatic N) is 2. The zero-order valence-corrected chi connectivity index (χ0v) is 15.0. The van der Waals surface area contributed by atoms with E-state index in [0.29, 0.717) is 18.3 Å². The van der Waals surface area contributed by atoms with Gasteiger partial charge in [0.15, 0.2) is 0 Å². The van der Waals surface area contributed by atoms with E-state index in [1.54, 1.807) is 19.2 Å². The topological polar surface area (TPSA) is 59.1 Å². The van der Waals surface area contributed by atoms with Gasteiger partial charge in [0.25, 0.3) is 0 Å². The molecule has 2 aromatic carbocycles. The van der Waals surface area contributed by atoms with Crippen LogP contribution in [0.25, 0.3) is 0 Å². The Morgan fingerprint density at radius 1 is 1.00 bits per heavy atom. The number of rotatable bonds is 6. The van der Waals surface area contributed by atoms with Gasteiger partial charge in [0.2, 0.25) is 5.95 Å². The monoisotopic (exact) mass is 352 g/mol. The fourth-order valence-electron chi connectivity index (χ4n) is 2.55. The third-order valence-electron chi connectivity index (χ3n) is 3.84. The van der Waals surface area contributed by atoms with Crippen molar-refractivity contribution in [3.63, 3.8) is 0 Å². The van der Waals surface area contributed by atoms with Crippen LogP contribution in [0, 0.1) is 19.7 Å². The molecule has 3 rings (SSSR count). The van der Waals surface area contributed by atoms with Crippen molar-refractivity contribution in [3.05, 3.63) is 71.2 Å². The summed E-state index contributed by atoms with van der Waals surface area (Å²) in [4.78, 5) is 8.94. The number of ether oxygens (including phenoxy) is 1. The Labute approximate surface area is 152 Å². The summed E-state index contributed by atoms with van der Waals surface area (Å²) in [6, 6.07) is 14.1. The zero-order valence-electron chi connectivity index (χ0n) is 15.0. The maximum atomic E-state index is 13.0. The highest BCUT2D eigenvalue weighted by Crippen LogP contribution is 2.27. The van der Waals surface area contributed by atoms with E-state index in [-0.39, 0.29) is 5.82 Å². The molecule has 1 aromatic heterocycles. The molecule has 0 aliphatic rings. The first-order valence-electron chi connectivity index (χ1n) is 8.29. The summed E-state index contributed by atoms with van der Waals surface area (Å²) in [5.41, 5.74) is 3.71.